The Bertz CT molecular complexity index is 867. The lowest BCUT2D eigenvalue weighted by atomic mass is 10.1. The number of aromatic nitrogens is 3. The summed E-state index contributed by atoms with van der Waals surface area (Å²) in [6, 6.07) is 8.20. The van der Waals surface area contributed by atoms with Crippen molar-refractivity contribution in [2.24, 2.45) is 0 Å². The van der Waals surface area contributed by atoms with Crippen LogP contribution in [0.1, 0.15) is 29.0 Å². The Morgan fingerprint density at radius 1 is 1.23 bits per heavy atom. The molecule has 7 heteroatoms. The van der Waals surface area contributed by atoms with Gasteiger partial charge in [-0.05, 0) is 24.6 Å². The molecule has 1 fully saturated rings. The molecule has 134 valence electrons. The predicted octanol–water partition coefficient (Wildman–Crippen LogP) is 2.06. The quantitative estimate of drug-likeness (QED) is 0.779. The number of rotatable bonds is 4. The van der Waals surface area contributed by atoms with E-state index in [1.54, 1.807) is 29.2 Å². The number of carbonyl (C=O) groups excluding carboxylic acids is 1. The van der Waals surface area contributed by atoms with Crippen LogP contribution < -0.4 is 10.2 Å². The molecule has 1 aliphatic heterocycles. The van der Waals surface area contributed by atoms with Crippen molar-refractivity contribution in [1.29, 1.82) is 0 Å². The number of anilines is 1. The van der Waals surface area contributed by atoms with Crippen LogP contribution in [0, 0.1) is 0 Å². The zero-order chi connectivity index (χ0) is 17.9. The molecule has 1 amide bonds. The third kappa shape index (κ3) is 3.39. The SMILES string of the molecule is C[C@@H](NC(=O)c1cn2ccncc2n1)c1ccc(N2CCOCC2)cc1. The van der Waals surface area contributed by atoms with Gasteiger partial charge in [-0.2, -0.15) is 0 Å². The number of hydrogen-bond donors (Lipinski definition) is 1. The van der Waals surface area contributed by atoms with E-state index in [9.17, 15) is 4.79 Å². The van der Waals surface area contributed by atoms with Gasteiger partial charge in [0.25, 0.3) is 5.91 Å². The smallest absolute Gasteiger partial charge is 0.271 e. The Labute approximate surface area is 151 Å². The summed E-state index contributed by atoms with van der Waals surface area (Å²) in [7, 11) is 0. The van der Waals surface area contributed by atoms with Crippen LogP contribution in [0.4, 0.5) is 5.69 Å². The van der Waals surface area contributed by atoms with Crippen molar-refractivity contribution in [3.8, 4) is 0 Å². The monoisotopic (exact) mass is 351 g/mol. The molecular weight excluding hydrogens is 330 g/mol. The van der Waals surface area contributed by atoms with Crippen molar-refractivity contribution in [1.82, 2.24) is 19.7 Å². The summed E-state index contributed by atoms with van der Waals surface area (Å²) in [5, 5.41) is 3.00. The van der Waals surface area contributed by atoms with Crippen LogP contribution in [-0.4, -0.2) is 46.6 Å². The number of nitrogens with one attached hydrogen (secondary N) is 1. The number of ether oxygens (including phenoxy) is 1. The summed E-state index contributed by atoms with van der Waals surface area (Å²) in [6.45, 7) is 5.33. The number of fused-ring (bicyclic) bond motifs is 1. The van der Waals surface area contributed by atoms with E-state index in [1.165, 1.54) is 5.69 Å². The Morgan fingerprint density at radius 2 is 2.00 bits per heavy atom. The van der Waals surface area contributed by atoms with Gasteiger partial charge >= 0.3 is 0 Å². The Morgan fingerprint density at radius 3 is 2.73 bits per heavy atom. The Kier molecular flexibility index (Phi) is 4.53. The van der Waals surface area contributed by atoms with Crippen LogP contribution in [0.25, 0.3) is 5.65 Å². The zero-order valence-corrected chi connectivity index (χ0v) is 14.6. The van der Waals surface area contributed by atoms with E-state index < -0.39 is 0 Å². The van der Waals surface area contributed by atoms with Crippen molar-refractivity contribution in [2.45, 2.75) is 13.0 Å². The third-order valence-electron chi connectivity index (χ3n) is 4.61. The molecule has 1 atom stereocenters. The average molecular weight is 351 g/mol. The lowest BCUT2D eigenvalue weighted by molar-refractivity contribution is 0.0935. The van der Waals surface area contributed by atoms with Crippen LogP contribution in [0.2, 0.25) is 0 Å². The predicted molar refractivity (Wildman–Crippen MR) is 98.3 cm³/mol. The van der Waals surface area contributed by atoms with E-state index >= 15 is 0 Å². The summed E-state index contributed by atoms with van der Waals surface area (Å²) < 4.78 is 7.17. The number of morpholine rings is 1. The lowest BCUT2D eigenvalue weighted by Gasteiger charge is -2.29. The van der Waals surface area contributed by atoms with Gasteiger partial charge in [0, 0.05) is 37.4 Å². The van der Waals surface area contributed by atoms with Gasteiger partial charge in [0.05, 0.1) is 25.5 Å². The molecule has 0 saturated carbocycles. The normalized spacial score (nSPS) is 15.8. The highest BCUT2D eigenvalue weighted by atomic mass is 16.5. The first-order chi connectivity index (χ1) is 12.7. The Balaban J connectivity index is 1.43. The molecule has 1 N–H and O–H groups in total. The highest BCUT2D eigenvalue weighted by Crippen LogP contribution is 2.20. The van der Waals surface area contributed by atoms with Gasteiger partial charge in [0.1, 0.15) is 5.69 Å². The molecule has 1 aromatic carbocycles. The first kappa shape index (κ1) is 16.5. The fourth-order valence-electron chi connectivity index (χ4n) is 3.10. The van der Waals surface area contributed by atoms with Gasteiger partial charge in [-0.15, -0.1) is 0 Å². The van der Waals surface area contributed by atoms with Crippen molar-refractivity contribution < 1.29 is 9.53 Å². The van der Waals surface area contributed by atoms with E-state index in [4.69, 9.17) is 4.74 Å². The highest BCUT2D eigenvalue weighted by molar-refractivity contribution is 5.93. The third-order valence-corrected chi connectivity index (χ3v) is 4.61. The molecule has 26 heavy (non-hydrogen) atoms. The number of benzene rings is 1. The van der Waals surface area contributed by atoms with Crippen molar-refractivity contribution in [3.63, 3.8) is 0 Å². The van der Waals surface area contributed by atoms with Crippen molar-refractivity contribution in [2.75, 3.05) is 31.2 Å². The summed E-state index contributed by atoms with van der Waals surface area (Å²) in [4.78, 5) is 23.1. The standard InChI is InChI=1S/C19H21N5O2/c1-14(15-2-4-16(5-3-15)23-8-10-26-11-9-23)21-19(25)17-13-24-7-6-20-12-18(24)22-17/h2-7,12-14H,8-11H2,1H3,(H,21,25)/t14-/m1/s1. The fraction of sp³-hybridized carbons (Fsp3) is 0.316. The van der Waals surface area contributed by atoms with Crippen LogP contribution in [0.15, 0.2) is 49.1 Å². The van der Waals surface area contributed by atoms with Gasteiger partial charge in [0.15, 0.2) is 5.65 Å². The molecule has 0 radical (unpaired) electrons. The largest absolute Gasteiger partial charge is 0.378 e. The minimum Gasteiger partial charge on any atom is -0.378 e. The minimum atomic E-state index is -0.196. The van der Waals surface area contributed by atoms with E-state index in [2.05, 4.69) is 44.5 Å². The van der Waals surface area contributed by atoms with E-state index in [0.29, 0.717) is 11.3 Å². The van der Waals surface area contributed by atoms with E-state index in [-0.39, 0.29) is 11.9 Å². The van der Waals surface area contributed by atoms with Crippen molar-refractivity contribution in [3.05, 3.63) is 60.3 Å². The number of imidazole rings is 1. The molecule has 7 nitrogen and oxygen atoms in total. The van der Waals surface area contributed by atoms with Crippen LogP contribution in [0.5, 0.6) is 0 Å². The van der Waals surface area contributed by atoms with E-state index in [1.807, 2.05) is 6.92 Å². The number of carbonyl (C=O) groups is 1. The number of hydrogen-bond acceptors (Lipinski definition) is 5. The molecule has 0 unspecified atom stereocenters. The second kappa shape index (κ2) is 7.13. The molecule has 1 aliphatic rings. The van der Waals surface area contributed by atoms with Gasteiger partial charge < -0.3 is 19.4 Å². The maximum absolute atomic E-state index is 12.5. The maximum Gasteiger partial charge on any atom is 0.271 e. The molecule has 0 spiro atoms. The summed E-state index contributed by atoms with van der Waals surface area (Å²) in [6.07, 6.45) is 6.77. The zero-order valence-electron chi connectivity index (χ0n) is 14.6. The van der Waals surface area contributed by atoms with Gasteiger partial charge in [-0.25, -0.2) is 4.98 Å². The molecule has 4 rings (SSSR count). The van der Waals surface area contributed by atoms with Crippen LogP contribution >= 0.6 is 0 Å². The molecule has 3 heterocycles. The molecule has 0 aliphatic carbocycles. The Hall–Kier alpha value is -2.93. The second-order valence-electron chi connectivity index (χ2n) is 6.35. The summed E-state index contributed by atoms with van der Waals surface area (Å²) >= 11 is 0. The lowest BCUT2D eigenvalue weighted by Crippen LogP contribution is -2.36. The van der Waals surface area contributed by atoms with Crippen LogP contribution in [-0.2, 0) is 4.74 Å². The van der Waals surface area contributed by atoms with Crippen molar-refractivity contribution >= 4 is 17.2 Å². The van der Waals surface area contributed by atoms with Gasteiger partial charge in [0.2, 0.25) is 0 Å². The number of amides is 1. The van der Waals surface area contributed by atoms with Gasteiger partial charge in [-0.3, -0.25) is 9.78 Å². The molecule has 0 bridgehead atoms. The summed E-state index contributed by atoms with van der Waals surface area (Å²) in [5.41, 5.74) is 3.28. The molecule has 1 saturated heterocycles. The van der Waals surface area contributed by atoms with Crippen LogP contribution in [0.3, 0.4) is 0 Å². The molecule has 3 aromatic rings. The topological polar surface area (TPSA) is 71.8 Å². The van der Waals surface area contributed by atoms with Gasteiger partial charge in [-0.1, -0.05) is 12.1 Å². The molecule has 2 aromatic heterocycles. The second-order valence-corrected chi connectivity index (χ2v) is 6.35. The number of nitrogens with zero attached hydrogens (tertiary/aromatic N) is 4. The first-order valence-corrected chi connectivity index (χ1v) is 8.73. The summed E-state index contributed by atoms with van der Waals surface area (Å²) in [5.74, 6) is -0.196. The highest BCUT2D eigenvalue weighted by Gasteiger charge is 2.16. The molecular formula is C19H21N5O2. The average Bonchev–Trinajstić information content (AvgIpc) is 3.13. The van der Waals surface area contributed by atoms with E-state index in [0.717, 1.165) is 31.9 Å². The first-order valence-electron chi connectivity index (χ1n) is 8.73. The fourth-order valence-corrected chi connectivity index (χ4v) is 3.10. The minimum absolute atomic E-state index is 0.107. The maximum atomic E-state index is 12.5.